The van der Waals surface area contributed by atoms with E-state index in [1.807, 2.05) is 97.2 Å². The van der Waals surface area contributed by atoms with Crippen LogP contribution in [-0.2, 0) is 5.41 Å². The van der Waals surface area contributed by atoms with Gasteiger partial charge in [-0.3, -0.25) is 4.98 Å². The van der Waals surface area contributed by atoms with Crippen LogP contribution in [0.5, 0.6) is 0 Å². The van der Waals surface area contributed by atoms with E-state index in [1.54, 1.807) is 6.20 Å². The molecule has 0 amide bonds. The van der Waals surface area contributed by atoms with Crippen LogP contribution < -0.4 is 5.32 Å². The number of dihydropyridines is 1. The van der Waals surface area contributed by atoms with Crippen molar-refractivity contribution in [3.8, 4) is 57.1 Å². The number of nitrogens with zero attached hydrogens (tertiary/aromatic N) is 7. The van der Waals surface area contributed by atoms with Gasteiger partial charge >= 0.3 is 0 Å². The van der Waals surface area contributed by atoms with Gasteiger partial charge in [0.1, 0.15) is 11.7 Å². The summed E-state index contributed by atoms with van der Waals surface area (Å²) in [4.78, 5) is 33.9. The van der Waals surface area contributed by atoms with E-state index in [4.69, 9.17) is 29.9 Å². The van der Waals surface area contributed by atoms with E-state index in [-0.39, 0.29) is 6.04 Å². The van der Waals surface area contributed by atoms with Crippen LogP contribution >= 0.6 is 0 Å². The zero-order valence-corrected chi connectivity index (χ0v) is 30.6. The lowest BCUT2D eigenvalue weighted by molar-refractivity contribution is 0.686. The molecule has 9 rings (SSSR count). The normalized spacial score (nSPS) is 14.5. The SMILES string of the molecule is CC(c1ccccc1)(c1ccc(-c2nc(-c3ccccc3)nc(-c3ccccn3)n2)cc1)c1ccc(-c2nc(-c3ccccc3)nc(C3C=CC=CN3)n2)cc1. The summed E-state index contributed by atoms with van der Waals surface area (Å²) in [6.45, 7) is 2.27. The van der Waals surface area contributed by atoms with Crippen LogP contribution in [-0.4, -0.2) is 34.9 Å². The smallest absolute Gasteiger partial charge is 0.182 e. The molecule has 5 aromatic carbocycles. The number of pyridine rings is 1. The van der Waals surface area contributed by atoms with Crippen molar-refractivity contribution in [3.05, 3.63) is 211 Å². The van der Waals surface area contributed by atoms with E-state index < -0.39 is 5.41 Å². The van der Waals surface area contributed by atoms with Crippen molar-refractivity contribution < 1.29 is 0 Å². The topological polar surface area (TPSA) is 102 Å². The van der Waals surface area contributed by atoms with Crippen molar-refractivity contribution in [1.82, 2.24) is 40.2 Å². The molecule has 56 heavy (non-hydrogen) atoms. The summed E-state index contributed by atoms with van der Waals surface area (Å²) in [6.07, 6.45) is 9.68. The number of hydrogen-bond acceptors (Lipinski definition) is 8. The van der Waals surface area contributed by atoms with Gasteiger partial charge in [-0.1, -0.05) is 158 Å². The molecule has 0 radical (unpaired) electrons. The molecule has 1 aliphatic heterocycles. The third kappa shape index (κ3) is 6.87. The first-order valence-corrected chi connectivity index (χ1v) is 18.5. The lowest BCUT2D eigenvalue weighted by atomic mass is 9.71. The van der Waals surface area contributed by atoms with Crippen LogP contribution in [0.2, 0.25) is 0 Å². The largest absolute Gasteiger partial charge is 0.378 e. The highest BCUT2D eigenvalue weighted by Crippen LogP contribution is 2.40. The Bertz CT molecular complexity index is 2590. The fourth-order valence-electron chi connectivity index (χ4n) is 6.99. The van der Waals surface area contributed by atoms with E-state index in [1.165, 1.54) is 5.56 Å². The Kier molecular flexibility index (Phi) is 9.27. The van der Waals surface area contributed by atoms with Crippen molar-refractivity contribution in [2.75, 3.05) is 0 Å². The van der Waals surface area contributed by atoms with Crippen molar-refractivity contribution in [1.29, 1.82) is 0 Å². The van der Waals surface area contributed by atoms with Crippen molar-refractivity contribution in [2.24, 2.45) is 0 Å². The minimum atomic E-state index is -0.492. The van der Waals surface area contributed by atoms with Gasteiger partial charge in [-0.2, -0.15) is 0 Å². The summed E-state index contributed by atoms with van der Waals surface area (Å²) in [5.74, 6) is 3.62. The second kappa shape index (κ2) is 15.1. The van der Waals surface area contributed by atoms with Crippen molar-refractivity contribution in [2.45, 2.75) is 18.4 Å². The zero-order valence-electron chi connectivity index (χ0n) is 30.6. The van der Waals surface area contributed by atoms with Gasteiger partial charge in [-0.15, -0.1) is 0 Å². The quantitative estimate of drug-likeness (QED) is 0.147. The monoisotopic (exact) mass is 724 g/mol. The maximum Gasteiger partial charge on any atom is 0.182 e. The number of hydrogen-bond donors (Lipinski definition) is 1. The number of benzene rings is 5. The van der Waals surface area contributed by atoms with Gasteiger partial charge in [-0.05, 0) is 48.0 Å². The van der Waals surface area contributed by atoms with Crippen LogP contribution in [0, 0.1) is 0 Å². The molecular weight excluding hydrogens is 689 g/mol. The Labute approximate surface area is 325 Å². The molecule has 268 valence electrons. The molecule has 0 bridgehead atoms. The Balaban J connectivity index is 1.10. The number of nitrogens with one attached hydrogen (secondary N) is 1. The van der Waals surface area contributed by atoms with E-state index in [0.717, 1.165) is 33.4 Å². The molecule has 3 aromatic heterocycles. The Hall–Kier alpha value is -7.45. The van der Waals surface area contributed by atoms with Gasteiger partial charge in [-0.25, -0.2) is 29.9 Å². The molecule has 0 spiro atoms. The molecule has 8 nitrogen and oxygen atoms in total. The van der Waals surface area contributed by atoms with Gasteiger partial charge in [0.15, 0.2) is 34.9 Å². The summed E-state index contributed by atoms with van der Waals surface area (Å²) >= 11 is 0. The van der Waals surface area contributed by atoms with Crippen LogP contribution in [0.4, 0.5) is 0 Å². The van der Waals surface area contributed by atoms with E-state index in [2.05, 4.69) is 102 Å². The minimum absolute atomic E-state index is 0.156. The first kappa shape index (κ1) is 34.3. The fraction of sp³-hybridized carbons (Fsp3) is 0.0625. The molecule has 0 saturated heterocycles. The zero-order chi connectivity index (χ0) is 37.7. The van der Waals surface area contributed by atoms with Gasteiger partial charge in [0, 0.05) is 33.9 Å². The lowest BCUT2D eigenvalue weighted by Gasteiger charge is -2.32. The summed E-state index contributed by atoms with van der Waals surface area (Å²) < 4.78 is 0. The van der Waals surface area contributed by atoms with Crippen LogP contribution in [0.1, 0.15) is 35.5 Å². The molecule has 4 heterocycles. The third-order valence-electron chi connectivity index (χ3n) is 10.1. The highest BCUT2D eigenvalue weighted by Gasteiger charge is 2.31. The van der Waals surface area contributed by atoms with E-state index >= 15 is 0 Å². The molecule has 2 atom stereocenters. The molecule has 1 aliphatic rings. The van der Waals surface area contributed by atoms with Crippen LogP contribution in [0.25, 0.3) is 57.1 Å². The summed E-state index contributed by atoms with van der Waals surface area (Å²) in [5, 5.41) is 3.36. The molecule has 8 heteroatoms. The van der Waals surface area contributed by atoms with Crippen LogP contribution in [0.15, 0.2) is 188 Å². The van der Waals surface area contributed by atoms with E-state index in [0.29, 0.717) is 40.6 Å². The number of allylic oxidation sites excluding steroid dienone is 2. The molecule has 0 aliphatic carbocycles. The first-order chi connectivity index (χ1) is 27.6. The number of aromatic nitrogens is 7. The average molecular weight is 725 g/mol. The third-order valence-corrected chi connectivity index (χ3v) is 10.1. The predicted molar refractivity (Wildman–Crippen MR) is 221 cm³/mol. The van der Waals surface area contributed by atoms with Crippen LogP contribution in [0.3, 0.4) is 0 Å². The maximum atomic E-state index is 4.96. The molecule has 0 saturated carbocycles. The highest BCUT2D eigenvalue weighted by molar-refractivity contribution is 5.67. The summed E-state index contributed by atoms with van der Waals surface area (Å²) in [6, 6.07) is 53.3. The van der Waals surface area contributed by atoms with Gasteiger partial charge in [0.2, 0.25) is 0 Å². The Morgan fingerprint density at radius 3 is 1.36 bits per heavy atom. The standard InChI is InChI=1S/C48H36N8/c1-48(37-19-9-4-10-20-37,38-27-23-35(24-28-38)44-51-42(33-15-5-2-6-16-33)53-46(55-44)40-21-11-13-31-49-40)39-29-25-36(26-30-39)45-52-43(34-17-7-3-8-18-34)54-47(56-45)41-22-12-14-32-50-41/h2-32,40,49H,1H3. The van der Waals surface area contributed by atoms with Gasteiger partial charge in [0.05, 0.1) is 0 Å². The van der Waals surface area contributed by atoms with Crippen molar-refractivity contribution in [3.63, 3.8) is 0 Å². The maximum absolute atomic E-state index is 4.96. The average Bonchev–Trinajstić information content (AvgIpc) is 3.30. The minimum Gasteiger partial charge on any atom is -0.378 e. The first-order valence-electron chi connectivity index (χ1n) is 18.5. The molecule has 2 unspecified atom stereocenters. The van der Waals surface area contributed by atoms with Gasteiger partial charge in [0.25, 0.3) is 0 Å². The lowest BCUT2D eigenvalue weighted by Crippen LogP contribution is -2.25. The second-order valence-electron chi connectivity index (χ2n) is 13.6. The Morgan fingerprint density at radius 2 is 0.875 bits per heavy atom. The Morgan fingerprint density at radius 1 is 0.429 bits per heavy atom. The fourth-order valence-corrected chi connectivity index (χ4v) is 6.99. The highest BCUT2D eigenvalue weighted by atomic mass is 15.1. The van der Waals surface area contributed by atoms with Gasteiger partial charge < -0.3 is 5.32 Å². The predicted octanol–water partition coefficient (Wildman–Crippen LogP) is 9.86. The molecular formula is C48H36N8. The van der Waals surface area contributed by atoms with Crippen molar-refractivity contribution >= 4 is 0 Å². The number of rotatable bonds is 9. The van der Waals surface area contributed by atoms with E-state index in [9.17, 15) is 0 Å². The summed E-state index contributed by atoms with van der Waals surface area (Å²) in [7, 11) is 0. The molecule has 1 N–H and O–H groups in total. The second-order valence-corrected chi connectivity index (χ2v) is 13.6. The molecule has 0 fully saturated rings. The summed E-state index contributed by atoms with van der Waals surface area (Å²) in [5.41, 5.74) is 7.26. The molecule has 8 aromatic rings.